The molecular formula is C22H24N4O3S. The normalized spacial score (nSPS) is 18.4. The average molecular weight is 425 g/mol. The van der Waals surface area contributed by atoms with Crippen LogP contribution < -0.4 is 15.1 Å². The molecule has 2 aromatic carbocycles. The van der Waals surface area contributed by atoms with Crippen LogP contribution in [0.5, 0.6) is 5.75 Å². The number of hydrogen-bond acceptors (Lipinski definition) is 6. The van der Waals surface area contributed by atoms with Crippen LogP contribution in [0.15, 0.2) is 52.7 Å². The number of amidine groups is 1. The molecule has 0 aliphatic carbocycles. The summed E-state index contributed by atoms with van der Waals surface area (Å²) in [6, 6.07) is 13.7. The third-order valence-corrected chi connectivity index (χ3v) is 6.31. The fraction of sp³-hybridized carbons (Fsp3) is 0.318. The van der Waals surface area contributed by atoms with E-state index in [0.717, 1.165) is 47.5 Å². The van der Waals surface area contributed by atoms with Crippen molar-refractivity contribution in [2.75, 3.05) is 18.6 Å². The summed E-state index contributed by atoms with van der Waals surface area (Å²) < 4.78 is 4.90. The number of hydrazone groups is 1. The van der Waals surface area contributed by atoms with Crippen LogP contribution in [0.3, 0.4) is 0 Å². The van der Waals surface area contributed by atoms with E-state index in [4.69, 9.17) is 4.74 Å². The largest absolute Gasteiger partial charge is 0.497 e. The summed E-state index contributed by atoms with van der Waals surface area (Å²) in [5, 5.41) is 17.6. The van der Waals surface area contributed by atoms with E-state index in [1.54, 1.807) is 7.11 Å². The molecule has 2 N–H and O–H groups in total. The lowest BCUT2D eigenvalue weighted by molar-refractivity contribution is 0.260. The Labute approximate surface area is 179 Å². The van der Waals surface area contributed by atoms with Crippen LogP contribution in [0.2, 0.25) is 0 Å². The number of oxime groups is 1. The summed E-state index contributed by atoms with van der Waals surface area (Å²) in [6.45, 7) is 4.75. The number of fused-ring (bicyclic) bond motifs is 1. The molecule has 2 aliphatic rings. The Kier molecular flexibility index (Phi) is 5.42. The Morgan fingerprint density at radius 2 is 2.13 bits per heavy atom. The molecule has 30 heavy (non-hydrogen) atoms. The lowest BCUT2D eigenvalue weighted by atomic mass is 9.93. The van der Waals surface area contributed by atoms with Crippen LogP contribution in [-0.2, 0) is 6.42 Å². The molecule has 0 bridgehead atoms. The molecular weight excluding hydrogens is 400 g/mol. The number of aryl methyl sites for hydroxylation is 1. The fourth-order valence-electron chi connectivity index (χ4n) is 3.95. The highest BCUT2D eigenvalue weighted by atomic mass is 32.2. The predicted octanol–water partition coefficient (Wildman–Crippen LogP) is 4.22. The standard InChI is InChI=1S/C22H24N4O3S/c1-22(2)19(23-24-21(27)30-22)15-9-10-18-14(12-15)7-5-11-26(18)20(25-28)16-6-4-8-17(13-16)29-3/h4,6,8-10,12-13,28H,5,7,11H2,1-3H3,(H,24,27)/b25-20-. The van der Waals surface area contributed by atoms with E-state index in [2.05, 4.69) is 21.7 Å². The van der Waals surface area contributed by atoms with Gasteiger partial charge in [-0.05, 0) is 62.1 Å². The minimum Gasteiger partial charge on any atom is -0.497 e. The Hall–Kier alpha value is -3.00. The molecule has 1 amide bonds. The quantitative estimate of drug-likeness (QED) is 0.333. The van der Waals surface area contributed by atoms with Gasteiger partial charge in [-0.25, -0.2) is 5.43 Å². The van der Waals surface area contributed by atoms with Crippen molar-refractivity contribution in [3.8, 4) is 5.75 Å². The third-order valence-electron chi connectivity index (χ3n) is 5.33. The van der Waals surface area contributed by atoms with Gasteiger partial charge in [0.25, 0.3) is 5.24 Å². The summed E-state index contributed by atoms with van der Waals surface area (Å²) in [6.07, 6.45) is 1.85. The Balaban J connectivity index is 1.71. The molecule has 0 spiro atoms. The minimum atomic E-state index is -0.413. The Morgan fingerprint density at radius 1 is 1.30 bits per heavy atom. The first-order chi connectivity index (χ1) is 14.4. The number of anilines is 1. The number of hydrogen-bond donors (Lipinski definition) is 2. The zero-order valence-electron chi connectivity index (χ0n) is 17.2. The fourth-order valence-corrected chi connectivity index (χ4v) is 4.76. The maximum atomic E-state index is 11.7. The first kappa shape index (κ1) is 20.3. The number of carbonyl (C=O) groups is 1. The summed E-state index contributed by atoms with van der Waals surface area (Å²) in [4.78, 5) is 13.7. The van der Waals surface area contributed by atoms with E-state index in [9.17, 15) is 10.0 Å². The summed E-state index contributed by atoms with van der Waals surface area (Å²) in [5.41, 5.74) is 7.34. The van der Waals surface area contributed by atoms with E-state index < -0.39 is 4.75 Å². The highest BCUT2D eigenvalue weighted by molar-refractivity contribution is 8.15. The van der Waals surface area contributed by atoms with Crippen LogP contribution in [0.4, 0.5) is 10.5 Å². The number of benzene rings is 2. The van der Waals surface area contributed by atoms with Gasteiger partial charge in [-0.3, -0.25) is 4.79 Å². The van der Waals surface area contributed by atoms with Gasteiger partial charge in [0.1, 0.15) is 5.75 Å². The summed E-state index contributed by atoms with van der Waals surface area (Å²) in [7, 11) is 1.61. The zero-order chi connectivity index (χ0) is 21.3. The SMILES string of the molecule is COc1cccc(/C(=N/O)N2CCCc3cc(C4=NNC(=O)SC4(C)C)ccc32)c1. The maximum Gasteiger partial charge on any atom is 0.300 e. The van der Waals surface area contributed by atoms with E-state index >= 15 is 0 Å². The van der Waals surface area contributed by atoms with Crippen molar-refractivity contribution in [1.29, 1.82) is 0 Å². The molecule has 0 saturated carbocycles. The summed E-state index contributed by atoms with van der Waals surface area (Å²) >= 11 is 1.24. The number of carbonyl (C=O) groups excluding carboxylic acids is 1. The highest BCUT2D eigenvalue weighted by Gasteiger charge is 2.34. The van der Waals surface area contributed by atoms with E-state index in [0.29, 0.717) is 11.6 Å². The molecule has 4 rings (SSSR count). The lowest BCUT2D eigenvalue weighted by Crippen LogP contribution is -2.39. The molecule has 2 heterocycles. The van der Waals surface area contributed by atoms with E-state index in [1.807, 2.05) is 55.1 Å². The Bertz CT molecular complexity index is 1050. The van der Waals surface area contributed by atoms with Gasteiger partial charge in [0.15, 0.2) is 5.84 Å². The monoisotopic (exact) mass is 424 g/mol. The molecule has 0 atom stereocenters. The number of nitrogens with zero attached hydrogens (tertiary/aromatic N) is 3. The van der Waals surface area contributed by atoms with Gasteiger partial charge < -0.3 is 14.8 Å². The average Bonchev–Trinajstić information content (AvgIpc) is 2.73. The number of thioether (sulfide) groups is 1. The summed E-state index contributed by atoms with van der Waals surface area (Å²) in [5.74, 6) is 1.19. The van der Waals surface area contributed by atoms with Crippen molar-refractivity contribution in [2.45, 2.75) is 31.4 Å². The van der Waals surface area contributed by atoms with Gasteiger partial charge >= 0.3 is 0 Å². The van der Waals surface area contributed by atoms with Crippen LogP contribution in [0, 0.1) is 0 Å². The molecule has 2 aliphatic heterocycles. The minimum absolute atomic E-state index is 0.144. The molecule has 156 valence electrons. The van der Waals surface area contributed by atoms with Gasteiger partial charge in [-0.2, -0.15) is 5.10 Å². The van der Waals surface area contributed by atoms with Crippen LogP contribution >= 0.6 is 11.8 Å². The van der Waals surface area contributed by atoms with E-state index in [1.165, 1.54) is 11.8 Å². The van der Waals surface area contributed by atoms with Crippen LogP contribution in [-0.4, -0.2) is 40.4 Å². The molecule has 8 heteroatoms. The van der Waals surface area contributed by atoms with E-state index in [-0.39, 0.29) is 5.24 Å². The van der Waals surface area contributed by atoms with Crippen molar-refractivity contribution >= 4 is 34.2 Å². The predicted molar refractivity (Wildman–Crippen MR) is 120 cm³/mol. The van der Waals surface area contributed by atoms with Gasteiger partial charge in [-0.15, -0.1) is 0 Å². The number of ether oxygens (including phenoxy) is 1. The Morgan fingerprint density at radius 3 is 2.87 bits per heavy atom. The molecule has 0 unspecified atom stereocenters. The van der Waals surface area contributed by atoms with Crippen molar-refractivity contribution in [1.82, 2.24) is 5.43 Å². The molecule has 0 saturated heterocycles. The van der Waals surface area contributed by atoms with Crippen LogP contribution in [0.1, 0.15) is 37.0 Å². The lowest BCUT2D eigenvalue weighted by Gasteiger charge is -2.33. The molecule has 2 aromatic rings. The van der Waals surface area contributed by atoms with Gasteiger partial charge in [-0.1, -0.05) is 35.1 Å². The maximum absolute atomic E-state index is 11.7. The zero-order valence-corrected chi connectivity index (χ0v) is 18.0. The first-order valence-electron chi connectivity index (χ1n) is 9.77. The van der Waals surface area contributed by atoms with Crippen molar-refractivity contribution < 1.29 is 14.7 Å². The number of rotatable bonds is 3. The smallest absolute Gasteiger partial charge is 0.300 e. The van der Waals surface area contributed by atoms with Crippen molar-refractivity contribution in [3.63, 3.8) is 0 Å². The second kappa shape index (κ2) is 8.02. The number of nitrogens with one attached hydrogen (secondary N) is 1. The topological polar surface area (TPSA) is 86.5 Å². The number of methoxy groups -OCH3 is 1. The van der Waals surface area contributed by atoms with Gasteiger partial charge in [0, 0.05) is 17.8 Å². The van der Waals surface area contributed by atoms with Crippen molar-refractivity contribution in [2.24, 2.45) is 10.3 Å². The van der Waals surface area contributed by atoms with Gasteiger partial charge in [0.2, 0.25) is 0 Å². The number of amides is 1. The second-order valence-electron chi connectivity index (χ2n) is 7.73. The second-order valence-corrected chi connectivity index (χ2v) is 9.32. The highest BCUT2D eigenvalue weighted by Crippen LogP contribution is 2.35. The molecule has 0 aromatic heterocycles. The molecule has 0 fully saturated rings. The van der Waals surface area contributed by atoms with Crippen LogP contribution in [0.25, 0.3) is 0 Å². The molecule has 7 nitrogen and oxygen atoms in total. The third kappa shape index (κ3) is 3.75. The first-order valence-corrected chi connectivity index (χ1v) is 10.6. The van der Waals surface area contributed by atoms with Crippen molar-refractivity contribution in [3.05, 3.63) is 59.2 Å². The molecule has 0 radical (unpaired) electrons. The van der Waals surface area contributed by atoms with Gasteiger partial charge in [0.05, 0.1) is 17.6 Å².